The summed E-state index contributed by atoms with van der Waals surface area (Å²) in [5.41, 5.74) is 2.78. The number of β-amino-alcohol motifs (C(OH)–C–C–N with tert-alkyl or cyclic N) is 1. The Morgan fingerprint density at radius 2 is 1.76 bits per heavy atom. The minimum absolute atomic E-state index is 0.0170. The fourth-order valence-corrected chi connectivity index (χ4v) is 7.35. The number of anilines is 3. The van der Waals surface area contributed by atoms with Gasteiger partial charge in [0.05, 0.1) is 28.6 Å². The van der Waals surface area contributed by atoms with E-state index in [-0.39, 0.29) is 35.2 Å². The lowest BCUT2D eigenvalue weighted by Gasteiger charge is -2.38. The van der Waals surface area contributed by atoms with Crippen molar-refractivity contribution < 1.29 is 19.0 Å². The van der Waals surface area contributed by atoms with E-state index in [2.05, 4.69) is 14.9 Å². The third-order valence-corrected chi connectivity index (χ3v) is 9.62. The molecule has 216 valence electrons. The van der Waals surface area contributed by atoms with Crippen LogP contribution < -0.4 is 14.5 Å². The molecule has 10 heteroatoms. The molecule has 1 atom stereocenters. The second-order valence-electron chi connectivity index (χ2n) is 12.7. The molecule has 1 N–H and O–H groups in total. The third-order valence-electron chi connectivity index (χ3n) is 9.62. The van der Waals surface area contributed by atoms with Crippen LogP contribution in [0, 0.1) is 19.7 Å². The lowest BCUT2D eigenvalue weighted by atomic mass is 9.95. The van der Waals surface area contributed by atoms with E-state index in [9.17, 15) is 9.90 Å². The highest BCUT2D eigenvalue weighted by Crippen LogP contribution is 2.42. The number of hydrogen-bond donors (Lipinski definition) is 1. The Morgan fingerprint density at radius 1 is 1.02 bits per heavy atom. The number of carbonyl (C=O) groups excluding carboxylic acids is 1. The average molecular weight is 561 g/mol. The Labute approximate surface area is 239 Å². The zero-order valence-corrected chi connectivity index (χ0v) is 24.0. The van der Waals surface area contributed by atoms with Gasteiger partial charge in [-0.15, -0.1) is 0 Å². The first kappa shape index (κ1) is 26.5. The van der Waals surface area contributed by atoms with Crippen LogP contribution in [0.5, 0.6) is 6.01 Å². The minimum Gasteiger partial charge on any atom is -0.461 e. The average Bonchev–Trinajstić information content (AvgIpc) is 3.60. The van der Waals surface area contributed by atoms with Crippen LogP contribution in [0.15, 0.2) is 18.3 Å². The minimum atomic E-state index is -0.892. The zero-order chi connectivity index (χ0) is 28.5. The van der Waals surface area contributed by atoms with Gasteiger partial charge in [0.1, 0.15) is 17.9 Å². The molecule has 1 aromatic carbocycles. The van der Waals surface area contributed by atoms with Crippen LogP contribution in [-0.4, -0.2) is 74.8 Å². The predicted molar refractivity (Wildman–Crippen MR) is 154 cm³/mol. The van der Waals surface area contributed by atoms with Crippen molar-refractivity contribution in [1.29, 1.82) is 0 Å². The number of aryl methyl sites for hydroxylation is 2. The lowest BCUT2D eigenvalue weighted by Crippen LogP contribution is -2.46. The first-order valence-corrected chi connectivity index (χ1v) is 14.8. The Hall–Kier alpha value is -3.37. The van der Waals surface area contributed by atoms with Gasteiger partial charge < -0.3 is 14.7 Å². The molecule has 0 bridgehead atoms. The van der Waals surface area contributed by atoms with Crippen molar-refractivity contribution in [3.05, 3.63) is 40.8 Å². The van der Waals surface area contributed by atoms with Gasteiger partial charge in [0, 0.05) is 19.3 Å². The molecule has 9 nitrogen and oxygen atoms in total. The maximum Gasteiger partial charge on any atom is 0.319 e. The molecule has 3 saturated heterocycles. The summed E-state index contributed by atoms with van der Waals surface area (Å²) in [6, 6.07) is 4.02. The largest absolute Gasteiger partial charge is 0.461 e. The molecule has 1 amide bonds. The molecule has 7 rings (SSSR count). The van der Waals surface area contributed by atoms with E-state index >= 15 is 4.39 Å². The van der Waals surface area contributed by atoms with Gasteiger partial charge in [0.2, 0.25) is 5.91 Å². The van der Waals surface area contributed by atoms with Gasteiger partial charge in [-0.1, -0.05) is 6.07 Å². The maximum absolute atomic E-state index is 16.5. The Balaban J connectivity index is 1.32. The highest BCUT2D eigenvalue weighted by Gasteiger charge is 2.45. The van der Waals surface area contributed by atoms with Gasteiger partial charge in [0.25, 0.3) is 0 Å². The number of hydrogen-bond acceptors (Lipinski definition) is 8. The number of fused-ring (bicyclic) bond motifs is 3. The fraction of sp³-hybridized carbons (Fsp3) is 0.548. The SMILES string of the molecule is Cc1cc2c(cc1C)N(c1ncc3c(N4CCC[C@@](C)(O)C4)nc(OCC45CCCN4CCC5)nc3c1F)C(=O)C2. The molecule has 3 fully saturated rings. The van der Waals surface area contributed by atoms with Gasteiger partial charge in [0.15, 0.2) is 11.6 Å². The second kappa shape index (κ2) is 9.59. The molecule has 4 aliphatic rings. The molecule has 4 aliphatic heterocycles. The quantitative estimate of drug-likeness (QED) is 0.492. The van der Waals surface area contributed by atoms with Gasteiger partial charge in [-0.25, -0.2) is 9.37 Å². The monoisotopic (exact) mass is 560 g/mol. The van der Waals surface area contributed by atoms with Crippen LogP contribution in [0.1, 0.15) is 62.1 Å². The van der Waals surface area contributed by atoms with Crippen LogP contribution in [0.3, 0.4) is 0 Å². The van der Waals surface area contributed by atoms with Crippen LogP contribution in [0.4, 0.5) is 21.7 Å². The summed E-state index contributed by atoms with van der Waals surface area (Å²) < 4.78 is 22.8. The molecule has 6 heterocycles. The summed E-state index contributed by atoms with van der Waals surface area (Å²) in [6.45, 7) is 9.42. The number of rotatable bonds is 5. The van der Waals surface area contributed by atoms with E-state index in [1.807, 2.05) is 37.8 Å². The molecular weight excluding hydrogens is 523 g/mol. The predicted octanol–water partition coefficient (Wildman–Crippen LogP) is 4.36. The highest BCUT2D eigenvalue weighted by atomic mass is 19.1. The molecule has 3 aromatic rings. The zero-order valence-electron chi connectivity index (χ0n) is 24.0. The number of pyridine rings is 1. The van der Waals surface area contributed by atoms with Gasteiger partial charge in [-0.2, -0.15) is 9.97 Å². The molecule has 0 radical (unpaired) electrons. The van der Waals surface area contributed by atoms with Crippen molar-refractivity contribution in [1.82, 2.24) is 19.9 Å². The Bertz CT molecular complexity index is 1550. The van der Waals surface area contributed by atoms with E-state index in [1.165, 1.54) is 4.90 Å². The first-order chi connectivity index (χ1) is 19.6. The van der Waals surface area contributed by atoms with Crippen LogP contribution in [-0.2, 0) is 11.2 Å². The number of ether oxygens (including phenoxy) is 1. The molecule has 0 spiro atoms. The number of amides is 1. The van der Waals surface area contributed by atoms with Crippen molar-refractivity contribution in [2.45, 2.75) is 76.9 Å². The number of benzene rings is 1. The van der Waals surface area contributed by atoms with E-state index in [0.717, 1.165) is 61.9 Å². The van der Waals surface area contributed by atoms with Crippen LogP contribution >= 0.6 is 0 Å². The summed E-state index contributed by atoms with van der Waals surface area (Å²) in [5, 5.41) is 11.3. The number of piperidine rings is 1. The number of nitrogens with zero attached hydrogens (tertiary/aromatic N) is 6. The van der Waals surface area contributed by atoms with E-state index in [4.69, 9.17) is 9.72 Å². The summed E-state index contributed by atoms with van der Waals surface area (Å²) in [6.07, 6.45) is 7.63. The summed E-state index contributed by atoms with van der Waals surface area (Å²) in [5.74, 6) is -0.479. The van der Waals surface area contributed by atoms with Gasteiger partial charge in [-0.05, 0) is 95.1 Å². The molecule has 2 aromatic heterocycles. The molecule has 0 unspecified atom stereocenters. The van der Waals surface area contributed by atoms with Gasteiger partial charge in [-0.3, -0.25) is 14.6 Å². The molecule has 0 aliphatic carbocycles. The van der Waals surface area contributed by atoms with E-state index < -0.39 is 11.4 Å². The van der Waals surface area contributed by atoms with Crippen molar-refractivity contribution in [2.75, 3.05) is 42.6 Å². The molecule has 41 heavy (non-hydrogen) atoms. The number of halogens is 1. The normalized spacial score (nSPS) is 23.9. The highest BCUT2D eigenvalue weighted by molar-refractivity contribution is 6.08. The van der Waals surface area contributed by atoms with Crippen molar-refractivity contribution in [2.24, 2.45) is 0 Å². The topological polar surface area (TPSA) is 94.9 Å². The number of aromatic nitrogens is 3. The first-order valence-electron chi connectivity index (χ1n) is 14.8. The lowest BCUT2D eigenvalue weighted by molar-refractivity contribution is -0.116. The Kier molecular flexibility index (Phi) is 6.20. The maximum atomic E-state index is 16.5. The van der Waals surface area contributed by atoms with Gasteiger partial charge >= 0.3 is 6.01 Å². The number of aliphatic hydroxyl groups is 1. The fourth-order valence-electron chi connectivity index (χ4n) is 7.35. The molecular formula is C31H37FN6O3. The van der Waals surface area contributed by atoms with Crippen molar-refractivity contribution >= 4 is 34.1 Å². The standard InChI is InChI=1S/C31H37FN6O3/c1-19-13-21-15-24(39)38(23(21)14-20(19)2)28-25(32)26-22(16-33-28)27(36-10-4-7-30(3,40)17-36)35-29(34-26)41-18-31-8-5-11-37(31)12-6-9-31/h13-14,16,40H,4-12,15,17-18H2,1-3H3/t30-/m1/s1. The second-order valence-corrected chi connectivity index (χ2v) is 12.7. The van der Waals surface area contributed by atoms with Crippen molar-refractivity contribution in [3.63, 3.8) is 0 Å². The summed E-state index contributed by atoms with van der Waals surface area (Å²) >= 11 is 0. The van der Waals surface area contributed by atoms with E-state index in [1.54, 1.807) is 6.20 Å². The summed E-state index contributed by atoms with van der Waals surface area (Å²) in [7, 11) is 0. The van der Waals surface area contributed by atoms with Crippen LogP contribution in [0.25, 0.3) is 10.9 Å². The number of carbonyl (C=O) groups is 1. The third kappa shape index (κ3) is 4.43. The summed E-state index contributed by atoms with van der Waals surface area (Å²) in [4.78, 5) is 32.9. The smallest absolute Gasteiger partial charge is 0.319 e. The molecule has 0 saturated carbocycles. The Morgan fingerprint density at radius 3 is 2.51 bits per heavy atom. The van der Waals surface area contributed by atoms with Crippen molar-refractivity contribution in [3.8, 4) is 6.01 Å². The van der Waals surface area contributed by atoms with Crippen LogP contribution in [0.2, 0.25) is 0 Å². The van der Waals surface area contributed by atoms with E-state index in [0.29, 0.717) is 43.0 Å².